The lowest BCUT2D eigenvalue weighted by Gasteiger charge is -2.57. The summed E-state index contributed by atoms with van der Waals surface area (Å²) < 4.78 is 26.0. The third-order valence-corrected chi connectivity index (χ3v) is 8.97. The summed E-state index contributed by atoms with van der Waals surface area (Å²) in [6.07, 6.45) is 7.13. The molecular formula is C22H23NO4S. The standard InChI is InChI=1S/C22H23NO4S/c24-23(25)20-11-18(22-12-15-8-16(13-22)10-17(9-15)14-22)6-7-21(20)28(26,27)19-4-2-1-3-5-19/h1-7,11,15-17H,8-10,12-14H2. The van der Waals surface area contributed by atoms with E-state index < -0.39 is 14.8 Å². The van der Waals surface area contributed by atoms with Crippen LogP contribution < -0.4 is 0 Å². The molecule has 0 N–H and O–H groups in total. The highest BCUT2D eigenvalue weighted by Crippen LogP contribution is 2.61. The van der Waals surface area contributed by atoms with Gasteiger partial charge in [-0.2, -0.15) is 0 Å². The summed E-state index contributed by atoms with van der Waals surface area (Å²) in [5.41, 5.74) is 0.663. The van der Waals surface area contributed by atoms with Gasteiger partial charge in [-0.25, -0.2) is 8.42 Å². The van der Waals surface area contributed by atoms with Gasteiger partial charge in [0.2, 0.25) is 9.84 Å². The molecular weight excluding hydrogens is 374 g/mol. The van der Waals surface area contributed by atoms with Gasteiger partial charge in [0.05, 0.1) is 9.82 Å². The number of rotatable bonds is 4. The summed E-state index contributed by atoms with van der Waals surface area (Å²) in [4.78, 5) is 11.2. The molecule has 0 radical (unpaired) electrons. The highest BCUT2D eigenvalue weighted by molar-refractivity contribution is 7.91. The second-order valence-electron chi connectivity index (χ2n) is 8.95. The normalized spacial score (nSPS) is 31.1. The molecule has 2 aromatic rings. The van der Waals surface area contributed by atoms with Crippen molar-refractivity contribution in [2.75, 3.05) is 0 Å². The molecule has 0 saturated heterocycles. The molecule has 0 amide bonds. The Morgan fingerprint density at radius 1 is 0.893 bits per heavy atom. The van der Waals surface area contributed by atoms with Crippen molar-refractivity contribution in [3.63, 3.8) is 0 Å². The van der Waals surface area contributed by atoms with Gasteiger partial charge >= 0.3 is 0 Å². The number of nitrogens with zero attached hydrogens (tertiary/aromatic N) is 1. The molecule has 2 aromatic carbocycles. The molecule has 0 aliphatic heterocycles. The van der Waals surface area contributed by atoms with E-state index in [1.165, 1.54) is 37.5 Å². The van der Waals surface area contributed by atoms with E-state index in [0.717, 1.165) is 42.6 Å². The lowest BCUT2D eigenvalue weighted by molar-refractivity contribution is -0.388. The number of nitro groups is 1. The zero-order chi connectivity index (χ0) is 19.5. The quantitative estimate of drug-likeness (QED) is 0.543. The van der Waals surface area contributed by atoms with E-state index in [2.05, 4.69) is 0 Å². The SMILES string of the molecule is O=[N+]([O-])c1cc(C23CC4CC(CC(C4)C2)C3)ccc1S(=O)(=O)c1ccccc1. The average Bonchev–Trinajstić information content (AvgIpc) is 2.67. The Bertz CT molecular complexity index is 1010. The first kappa shape index (κ1) is 17.9. The van der Waals surface area contributed by atoms with Crippen molar-refractivity contribution in [3.8, 4) is 0 Å². The van der Waals surface area contributed by atoms with Crippen LogP contribution in [0.5, 0.6) is 0 Å². The van der Waals surface area contributed by atoms with Crippen LogP contribution in [-0.2, 0) is 15.3 Å². The zero-order valence-electron chi connectivity index (χ0n) is 15.6. The number of hydrogen-bond acceptors (Lipinski definition) is 4. The summed E-state index contributed by atoms with van der Waals surface area (Å²) in [5.74, 6) is 2.16. The van der Waals surface area contributed by atoms with E-state index in [0.29, 0.717) is 0 Å². The Balaban J connectivity index is 1.61. The second kappa shape index (κ2) is 6.14. The maximum Gasteiger partial charge on any atom is 0.288 e. The number of sulfone groups is 1. The fourth-order valence-electron chi connectivity index (χ4n) is 6.41. The first-order chi connectivity index (χ1) is 13.4. The van der Waals surface area contributed by atoms with E-state index in [1.54, 1.807) is 24.3 Å². The molecule has 4 aliphatic carbocycles. The minimum Gasteiger partial charge on any atom is -0.258 e. The molecule has 28 heavy (non-hydrogen) atoms. The fourth-order valence-corrected chi connectivity index (χ4v) is 7.83. The molecule has 4 bridgehead atoms. The van der Waals surface area contributed by atoms with Crippen LogP contribution in [0.1, 0.15) is 44.1 Å². The van der Waals surface area contributed by atoms with Crippen LogP contribution in [-0.4, -0.2) is 13.3 Å². The molecule has 4 fully saturated rings. The molecule has 0 aromatic heterocycles. The van der Waals surface area contributed by atoms with Crippen LogP contribution in [0, 0.1) is 27.9 Å². The van der Waals surface area contributed by atoms with Gasteiger partial charge in [0.15, 0.2) is 0 Å². The molecule has 0 heterocycles. The van der Waals surface area contributed by atoms with Crippen LogP contribution in [0.15, 0.2) is 58.3 Å². The highest BCUT2D eigenvalue weighted by atomic mass is 32.2. The first-order valence-electron chi connectivity index (χ1n) is 9.96. The topological polar surface area (TPSA) is 77.3 Å². The minimum absolute atomic E-state index is 0.00541. The van der Waals surface area contributed by atoms with Crippen molar-refractivity contribution in [1.82, 2.24) is 0 Å². The molecule has 0 unspecified atom stereocenters. The summed E-state index contributed by atoms with van der Waals surface area (Å²) in [6, 6.07) is 12.8. The molecule has 6 heteroatoms. The van der Waals surface area contributed by atoms with Gasteiger partial charge < -0.3 is 0 Å². The molecule has 146 valence electrons. The molecule has 4 saturated carbocycles. The van der Waals surface area contributed by atoms with Crippen LogP contribution in [0.3, 0.4) is 0 Å². The summed E-state index contributed by atoms with van der Waals surface area (Å²) >= 11 is 0. The molecule has 5 nitrogen and oxygen atoms in total. The van der Waals surface area contributed by atoms with Gasteiger partial charge in [-0.1, -0.05) is 24.3 Å². The van der Waals surface area contributed by atoms with Crippen molar-refractivity contribution in [3.05, 3.63) is 64.2 Å². The Kier molecular flexibility index (Phi) is 3.92. The predicted octanol–water partition coefficient (Wildman–Crippen LogP) is 4.90. The predicted molar refractivity (Wildman–Crippen MR) is 105 cm³/mol. The minimum atomic E-state index is -3.93. The van der Waals surface area contributed by atoms with Gasteiger partial charge in [-0.3, -0.25) is 10.1 Å². The van der Waals surface area contributed by atoms with Gasteiger partial charge in [-0.15, -0.1) is 0 Å². The highest BCUT2D eigenvalue weighted by Gasteiger charge is 2.52. The van der Waals surface area contributed by atoms with Gasteiger partial charge in [0, 0.05) is 6.07 Å². The Hall–Kier alpha value is -2.21. The van der Waals surface area contributed by atoms with Crippen molar-refractivity contribution in [2.24, 2.45) is 17.8 Å². The van der Waals surface area contributed by atoms with Gasteiger partial charge in [0.1, 0.15) is 4.90 Å². The van der Waals surface area contributed by atoms with Crippen molar-refractivity contribution < 1.29 is 13.3 Å². The third kappa shape index (κ3) is 2.69. The molecule has 6 rings (SSSR count). The van der Waals surface area contributed by atoms with Crippen molar-refractivity contribution in [2.45, 2.75) is 53.7 Å². The maximum absolute atomic E-state index is 13.0. The van der Waals surface area contributed by atoms with Crippen molar-refractivity contribution in [1.29, 1.82) is 0 Å². The van der Waals surface area contributed by atoms with E-state index in [1.807, 2.05) is 6.07 Å². The summed E-state index contributed by atoms with van der Waals surface area (Å²) in [5, 5.41) is 11.8. The van der Waals surface area contributed by atoms with Gasteiger partial charge in [-0.05, 0) is 85.5 Å². The van der Waals surface area contributed by atoms with E-state index in [-0.39, 0.29) is 20.9 Å². The average molecular weight is 397 g/mol. The maximum atomic E-state index is 13.0. The van der Waals surface area contributed by atoms with E-state index in [9.17, 15) is 18.5 Å². The Labute approximate surface area is 164 Å². The van der Waals surface area contributed by atoms with E-state index >= 15 is 0 Å². The summed E-state index contributed by atoms with van der Waals surface area (Å²) in [7, 11) is -3.93. The largest absolute Gasteiger partial charge is 0.288 e. The summed E-state index contributed by atoms with van der Waals surface area (Å²) in [6.45, 7) is 0. The Morgan fingerprint density at radius 2 is 1.46 bits per heavy atom. The fraction of sp³-hybridized carbons (Fsp3) is 0.455. The van der Waals surface area contributed by atoms with Gasteiger partial charge in [0.25, 0.3) is 5.69 Å². The molecule has 4 aliphatic rings. The number of nitro benzene ring substituents is 1. The number of hydrogen-bond donors (Lipinski definition) is 0. The smallest absolute Gasteiger partial charge is 0.258 e. The first-order valence-corrected chi connectivity index (χ1v) is 11.4. The Morgan fingerprint density at radius 3 is 2.00 bits per heavy atom. The third-order valence-electron chi connectivity index (χ3n) is 7.15. The second-order valence-corrected chi connectivity index (χ2v) is 10.9. The van der Waals surface area contributed by atoms with Crippen LogP contribution >= 0.6 is 0 Å². The molecule has 0 spiro atoms. The zero-order valence-corrected chi connectivity index (χ0v) is 16.4. The lowest BCUT2D eigenvalue weighted by Crippen LogP contribution is -2.48. The lowest BCUT2D eigenvalue weighted by atomic mass is 9.48. The van der Waals surface area contributed by atoms with Crippen LogP contribution in [0.2, 0.25) is 0 Å². The van der Waals surface area contributed by atoms with E-state index in [4.69, 9.17) is 0 Å². The monoisotopic (exact) mass is 397 g/mol. The van der Waals surface area contributed by atoms with Crippen molar-refractivity contribution >= 4 is 15.5 Å². The number of benzene rings is 2. The van der Waals surface area contributed by atoms with Crippen LogP contribution in [0.25, 0.3) is 0 Å². The molecule has 0 atom stereocenters. The van der Waals surface area contributed by atoms with Crippen LogP contribution in [0.4, 0.5) is 5.69 Å².